The second-order valence-electron chi connectivity index (χ2n) is 6.77. The van der Waals surface area contributed by atoms with Gasteiger partial charge in [-0.2, -0.15) is 0 Å². The average Bonchev–Trinajstić information content (AvgIpc) is 3.07. The van der Waals surface area contributed by atoms with E-state index >= 15 is 0 Å². The third kappa shape index (κ3) is 3.31. The molecule has 5 rings (SSSR count). The molecule has 0 unspecified atom stereocenters. The van der Waals surface area contributed by atoms with Crippen LogP contribution in [-0.4, -0.2) is 28.8 Å². The number of hydrogen-bond acceptors (Lipinski definition) is 6. The molecule has 2 aromatic heterocycles. The summed E-state index contributed by atoms with van der Waals surface area (Å²) in [5, 5.41) is 2.39. The van der Waals surface area contributed by atoms with E-state index in [2.05, 4.69) is 10.4 Å². The van der Waals surface area contributed by atoms with Gasteiger partial charge < -0.3 is 9.47 Å². The molecule has 8 heteroatoms. The maximum Gasteiger partial charge on any atom is 0.281 e. The highest BCUT2D eigenvalue weighted by molar-refractivity contribution is 7.17. The van der Waals surface area contributed by atoms with Crippen molar-refractivity contribution in [1.82, 2.24) is 9.66 Å². The van der Waals surface area contributed by atoms with Crippen molar-refractivity contribution < 1.29 is 14.3 Å². The molecule has 0 radical (unpaired) electrons. The normalized spacial score (nSPS) is 13.1. The summed E-state index contributed by atoms with van der Waals surface area (Å²) < 4.78 is 12.4. The van der Waals surface area contributed by atoms with Crippen LogP contribution in [-0.2, 0) is 0 Å². The van der Waals surface area contributed by atoms with E-state index in [-0.39, 0.29) is 5.56 Å². The van der Waals surface area contributed by atoms with E-state index in [9.17, 15) is 9.59 Å². The molecule has 1 aliphatic rings. The van der Waals surface area contributed by atoms with E-state index in [1.807, 2.05) is 35.7 Å². The smallest absolute Gasteiger partial charge is 0.281 e. The van der Waals surface area contributed by atoms with Gasteiger partial charge >= 0.3 is 0 Å². The predicted octanol–water partition coefficient (Wildman–Crippen LogP) is 3.67. The summed E-state index contributed by atoms with van der Waals surface area (Å²) >= 11 is 1.40. The van der Waals surface area contributed by atoms with Crippen LogP contribution in [0.4, 0.5) is 0 Å². The number of nitrogens with zero attached hydrogens (tertiary/aromatic N) is 2. The summed E-state index contributed by atoms with van der Waals surface area (Å²) in [6, 6.07) is 14.6. The van der Waals surface area contributed by atoms with Crippen LogP contribution in [0.1, 0.15) is 16.8 Å². The fourth-order valence-electron chi connectivity index (χ4n) is 3.32. The van der Waals surface area contributed by atoms with Crippen LogP contribution in [0.5, 0.6) is 11.5 Å². The minimum absolute atomic E-state index is 0.331. The fraction of sp³-hybridized carbons (Fsp3) is 0.136. The van der Waals surface area contributed by atoms with Gasteiger partial charge in [0.1, 0.15) is 11.2 Å². The lowest BCUT2D eigenvalue weighted by atomic mass is 10.1. The van der Waals surface area contributed by atoms with Crippen molar-refractivity contribution in [2.45, 2.75) is 6.42 Å². The van der Waals surface area contributed by atoms with Gasteiger partial charge in [-0.3, -0.25) is 15.0 Å². The number of thiophene rings is 1. The molecule has 4 aromatic rings. The molecule has 1 N–H and O–H groups in total. The Kier molecular flexibility index (Phi) is 4.68. The molecule has 0 spiro atoms. The molecule has 0 bridgehead atoms. The van der Waals surface area contributed by atoms with Gasteiger partial charge in [0.25, 0.3) is 11.5 Å². The number of hydrogen-bond donors (Lipinski definition) is 1. The second kappa shape index (κ2) is 7.64. The van der Waals surface area contributed by atoms with Crippen molar-refractivity contribution in [3.8, 4) is 22.6 Å². The number of ether oxygens (including phenoxy) is 2. The van der Waals surface area contributed by atoms with Crippen molar-refractivity contribution >= 4 is 27.5 Å². The van der Waals surface area contributed by atoms with Crippen LogP contribution < -0.4 is 20.5 Å². The summed E-state index contributed by atoms with van der Waals surface area (Å²) in [6.45, 7) is 1.10. The Morgan fingerprint density at radius 1 is 1.07 bits per heavy atom. The minimum Gasteiger partial charge on any atom is -0.490 e. The van der Waals surface area contributed by atoms with Crippen molar-refractivity contribution in [3.05, 3.63) is 76.2 Å². The largest absolute Gasteiger partial charge is 0.490 e. The number of carbonyl (C=O) groups is 1. The molecule has 1 aliphatic heterocycles. The van der Waals surface area contributed by atoms with E-state index in [1.165, 1.54) is 17.7 Å². The Morgan fingerprint density at radius 2 is 1.87 bits per heavy atom. The highest BCUT2D eigenvalue weighted by Crippen LogP contribution is 2.31. The molecule has 0 atom stereocenters. The zero-order valence-electron chi connectivity index (χ0n) is 15.8. The molecule has 0 saturated carbocycles. The monoisotopic (exact) mass is 419 g/mol. The SMILES string of the molecule is O=C(Nn1cnc2scc(-c3ccccc3)c2c1=O)c1ccc2c(c1)OCCCO2. The van der Waals surface area contributed by atoms with Gasteiger partial charge in [0, 0.05) is 22.9 Å². The molecule has 2 aromatic carbocycles. The summed E-state index contributed by atoms with van der Waals surface area (Å²) in [4.78, 5) is 30.8. The topological polar surface area (TPSA) is 82.5 Å². The number of nitrogens with one attached hydrogen (secondary N) is 1. The van der Waals surface area contributed by atoms with Gasteiger partial charge in [0.15, 0.2) is 11.5 Å². The zero-order chi connectivity index (χ0) is 20.5. The summed E-state index contributed by atoms with van der Waals surface area (Å²) in [5.41, 5.74) is 4.37. The van der Waals surface area contributed by atoms with E-state index in [4.69, 9.17) is 9.47 Å². The summed E-state index contributed by atoms with van der Waals surface area (Å²) in [7, 11) is 0. The van der Waals surface area contributed by atoms with E-state index < -0.39 is 5.91 Å². The van der Waals surface area contributed by atoms with Gasteiger partial charge in [0.05, 0.1) is 18.6 Å². The highest BCUT2D eigenvalue weighted by Gasteiger charge is 2.17. The number of fused-ring (bicyclic) bond motifs is 2. The number of aromatic nitrogens is 2. The molecule has 150 valence electrons. The third-order valence-electron chi connectivity index (χ3n) is 4.81. The van der Waals surface area contributed by atoms with Crippen molar-refractivity contribution in [2.75, 3.05) is 18.6 Å². The number of benzene rings is 2. The first-order valence-electron chi connectivity index (χ1n) is 9.46. The lowest BCUT2D eigenvalue weighted by Gasteiger charge is -2.11. The van der Waals surface area contributed by atoms with E-state index in [0.717, 1.165) is 22.2 Å². The van der Waals surface area contributed by atoms with E-state index in [0.29, 0.717) is 40.5 Å². The Balaban J connectivity index is 1.49. The summed E-state index contributed by atoms with van der Waals surface area (Å²) in [5.74, 6) is 0.686. The fourth-order valence-corrected chi connectivity index (χ4v) is 4.23. The number of carbonyl (C=O) groups excluding carboxylic acids is 1. The van der Waals surface area contributed by atoms with Gasteiger partial charge in [-0.15, -0.1) is 11.3 Å². The standard InChI is InChI=1S/C22H17N3O4S/c26-20(15-7-8-17-18(11-15)29-10-4-9-28-17)24-25-13-23-21-19(22(25)27)16(12-30-21)14-5-2-1-3-6-14/h1-3,5-8,11-13H,4,9-10H2,(H,24,26). The van der Waals surface area contributed by atoms with Gasteiger partial charge in [-0.1, -0.05) is 30.3 Å². The lowest BCUT2D eigenvalue weighted by molar-refractivity contribution is 0.101. The zero-order valence-corrected chi connectivity index (χ0v) is 16.6. The molecule has 7 nitrogen and oxygen atoms in total. The predicted molar refractivity (Wildman–Crippen MR) is 115 cm³/mol. The first-order valence-corrected chi connectivity index (χ1v) is 10.3. The molecule has 0 fully saturated rings. The third-order valence-corrected chi connectivity index (χ3v) is 5.70. The molecular weight excluding hydrogens is 402 g/mol. The molecule has 3 heterocycles. The lowest BCUT2D eigenvalue weighted by Crippen LogP contribution is -2.33. The van der Waals surface area contributed by atoms with Gasteiger partial charge in [0.2, 0.25) is 0 Å². The maximum absolute atomic E-state index is 13.1. The number of amides is 1. The van der Waals surface area contributed by atoms with Crippen LogP contribution in [0.3, 0.4) is 0 Å². The average molecular weight is 419 g/mol. The van der Waals surface area contributed by atoms with Gasteiger partial charge in [-0.05, 0) is 23.8 Å². The van der Waals surface area contributed by atoms with Crippen LogP contribution in [0, 0.1) is 0 Å². The molecule has 0 saturated heterocycles. The Morgan fingerprint density at radius 3 is 2.70 bits per heavy atom. The van der Waals surface area contributed by atoms with E-state index in [1.54, 1.807) is 18.2 Å². The quantitative estimate of drug-likeness (QED) is 0.548. The van der Waals surface area contributed by atoms with Crippen LogP contribution in [0.15, 0.2) is 65.0 Å². The summed E-state index contributed by atoms with van der Waals surface area (Å²) in [6.07, 6.45) is 2.11. The minimum atomic E-state index is -0.439. The molecule has 1 amide bonds. The first kappa shape index (κ1) is 18.4. The second-order valence-corrected chi connectivity index (χ2v) is 7.63. The molecular formula is C22H17N3O4S. The molecule has 0 aliphatic carbocycles. The first-order chi connectivity index (χ1) is 14.7. The van der Waals surface area contributed by atoms with Gasteiger partial charge in [-0.25, -0.2) is 9.66 Å². The van der Waals surface area contributed by atoms with Crippen molar-refractivity contribution in [2.24, 2.45) is 0 Å². The van der Waals surface area contributed by atoms with Crippen LogP contribution in [0.25, 0.3) is 21.3 Å². The Hall–Kier alpha value is -3.65. The molecule has 30 heavy (non-hydrogen) atoms. The van der Waals surface area contributed by atoms with Crippen LogP contribution >= 0.6 is 11.3 Å². The Bertz CT molecular complexity index is 1300. The van der Waals surface area contributed by atoms with Crippen molar-refractivity contribution in [3.63, 3.8) is 0 Å². The maximum atomic E-state index is 13.1. The van der Waals surface area contributed by atoms with Crippen LogP contribution in [0.2, 0.25) is 0 Å². The Labute approximate surface area is 175 Å². The number of rotatable bonds is 3. The van der Waals surface area contributed by atoms with Crippen molar-refractivity contribution in [1.29, 1.82) is 0 Å². The highest BCUT2D eigenvalue weighted by atomic mass is 32.1.